The van der Waals surface area contributed by atoms with E-state index < -0.39 is 0 Å². The minimum atomic E-state index is 0.0877. The van der Waals surface area contributed by atoms with E-state index in [1.807, 2.05) is 24.3 Å². The Balaban J connectivity index is 1.64. The molecular formula is C15H21NO4. The van der Waals surface area contributed by atoms with Gasteiger partial charge in [0.05, 0.1) is 13.7 Å². The molecule has 20 heavy (non-hydrogen) atoms. The Morgan fingerprint density at radius 3 is 2.55 bits per heavy atom. The van der Waals surface area contributed by atoms with Crippen LogP contribution in [0.3, 0.4) is 0 Å². The van der Waals surface area contributed by atoms with Crippen LogP contribution in [0.25, 0.3) is 0 Å². The average Bonchev–Trinajstić information content (AvgIpc) is 2.53. The number of hydrogen-bond donors (Lipinski definition) is 1. The fourth-order valence-electron chi connectivity index (χ4n) is 2.12. The molecule has 1 aromatic carbocycles. The molecule has 0 saturated carbocycles. The molecule has 110 valence electrons. The largest absolute Gasteiger partial charge is 0.497 e. The minimum Gasteiger partial charge on any atom is -0.497 e. The first kappa shape index (κ1) is 14.7. The van der Waals surface area contributed by atoms with E-state index in [1.165, 1.54) is 0 Å². The lowest BCUT2D eigenvalue weighted by atomic mass is 9.99. The van der Waals surface area contributed by atoms with Gasteiger partial charge in [0.25, 0.3) is 0 Å². The summed E-state index contributed by atoms with van der Waals surface area (Å²) in [6.07, 6.45) is 1.62. The van der Waals surface area contributed by atoms with Gasteiger partial charge >= 0.3 is 0 Å². The van der Waals surface area contributed by atoms with E-state index in [0.29, 0.717) is 26.4 Å². The molecule has 2 rings (SSSR count). The van der Waals surface area contributed by atoms with Crippen molar-refractivity contribution in [3.05, 3.63) is 24.3 Å². The van der Waals surface area contributed by atoms with Crippen LogP contribution < -0.4 is 14.8 Å². The van der Waals surface area contributed by atoms with Gasteiger partial charge in [-0.25, -0.2) is 0 Å². The lowest BCUT2D eigenvalue weighted by molar-refractivity contribution is -0.127. The third kappa shape index (κ3) is 4.42. The number of carbonyl (C=O) groups excluding carboxylic acids is 1. The molecule has 1 aliphatic rings. The molecule has 0 unspecified atom stereocenters. The van der Waals surface area contributed by atoms with E-state index in [0.717, 1.165) is 24.3 Å². The first-order valence-corrected chi connectivity index (χ1v) is 6.92. The topological polar surface area (TPSA) is 56.8 Å². The third-order valence-corrected chi connectivity index (χ3v) is 3.32. The fraction of sp³-hybridized carbons (Fsp3) is 0.533. The zero-order valence-electron chi connectivity index (χ0n) is 11.8. The molecule has 1 aromatic rings. The zero-order chi connectivity index (χ0) is 14.2. The Bertz CT molecular complexity index is 412. The number of carbonyl (C=O) groups is 1. The number of benzene rings is 1. The van der Waals surface area contributed by atoms with E-state index in [1.54, 1.807) is 7.11 Å². The molecule has 0 atom stereocenters. The lowest BCUT2D eigenvalue weighted by Crippen LogP contribution is -2.36. The molecule has 1 aliphatic heterocycles. The molecule has 0 spiro atoms. The Morgan fingerprint density at radius 1 is 1.25 bits per heavy atom. The van der Waals surface area contributed by atoms with Crippen LogP contribution in [0.4, 0.5) is 0 Å². The second-order valence-corrected chi connectivity index (χ2v) is 4.70. The number of methoxy groups -OCH3 is 1. The first-order valence-electron chi connectivity index (χ1n) is 6.92. The molecule has 0 bridgehead atoms. The Morgan fingerprint density at radius 2 is 1.90 bits per heavy atom. The van der Waals surface area contributed by atoms with Crippen molar-refractivity contribution in [3.63, 3.8) is 0 Å². The molecule has 1 amide bonds. The Kier molecular flexibility index (Phi) is 5.68. The summed E-state index contributed by atoms with van der Waals surface area (Å²) in [5.74, 6) is 1.76. The highest BCUT2D eigenvalue weighted by atomic mass is 16.5. The van der Waals surface area contributed by atoms with Gasteiger partial charge in [-0.1, -0.05) is 0 Å². The van der Waals surface area contributed by atoms with Gasteiger partial charge in [0.15, 0.2) is 0 Å². The van der Waals surface area contributed by atoms with Gasteiger partial charge in [-0.3, -0.25) is 4.79 Å². The van der Waals surface area contributed by atoms with E-state index in [9.17, 15) is 4.79 Å². The average molecular weight is 279 g/mol. The number of hydrogen-bond acceptors (Lipinski definition) is 4. The maximum absolute atomic E-state index is 11.9. The molecule has 1 heterocycles. The van der Waals surface area contributed by atoms with Gasteiger partial charge < -0.3 is 19.5 Å². The van der Waals surface area contributed by atoms with Gasteiger partial charge in [0.1, 0.15) is 18.1 Å². The predicted octanol–water partition coefficient (Wildman–Crippen LogP) is 1.62. The van der Waals surface area contributed by atoms with Crippen molar-refractivity contribution in [1.29, 1.82) is 0 Å². The monoisotopic (exact) mass is 279 g/mol. The van der Waals surface area contributed by atoms with Crippen molar-refractivity contribution < 1.29 is 19.0 Å². The van der Waals surface area contributed by atoms with Gasteiger partial charge in [0.2, 0.25) is 5.91 Å². The van der Waals surface area contributed by atoms with E-state index in [2.05, 4.69) is 5.32 Å². The molecule has 5 heteroatoms. The van der Waals surface area contributed by atoms with Gasteiger partial charge in [-0.05, 0) is 37.1 Å². The fourth-order valence-corrected chi connectivity index (χ4v) is 2.12. The summed E-state index contributed by atoms with van der Waals surface area (Å²) in [6.45, 7) is 2.34. The normalized spacial score (nSPS) is 15.7. The summed E-state index contributed by atoms with van der Waals surface area (Å²) < 4.78 is 15.9. The molecule has 1 saturated heterocycles. The number of amides is 1. The summed E-state index contributed by atoms with van der Waals surface area (Å²) >= 11 is 0. The van der Waals surface area contributed by atoms with Crippen LogP contribution in [-0.2, 0) is 9.53 Å². The second kappa shape index (κ2) is 7.75. The van der Waals surface area contributed by atoms with Gasteiger partial charge in [-0.15, -0.1) is 0 Å². The summed E-state index contributed by atoms with van der Waals surface area (Å²) in [4.78, 5) is 11.9. The highest BCUT2D eigenvalue weighted by Crippen LogP contribution is 2.17. The van der Waals surface area contributed by atoms with Crippen LogP contribution in [0, 0.1) is 5.92 Å². The van der Waals surface area contributed by atoms with Crippen molar-refractivity contribution in [2.45, 2.75) is 12.8 Å². The van der Waals surface area contributed by atoms with E-state index >= 15 is 0 Å². The first-order chi connectivity index (χ1) is 9.79. The maximum atomic E-state index is 11.9. The molecule has 0 aliphatic carbocycles. The van der Waals surface area contributed by atoms with Crippen LogP contribution in [0.5, 0.6) is 11.5 Å². The zero-order valence-corrected chi connectivity index (χ0v) is 11.8. The Labute approximate surface area is 119 Å². The van der Waals surface area contributed by atoms with Crippen molar-refractivity contribution in [2.75, 3.05) is 33.5 Å². The molecule has 0 aromatic heterocycles. The standard InChI is InChI=1S/C15H21NO4/c1-18-13-2-4-14(5-3-13)20-11-8-16-15(17)12-6-9-19-10-7-12/h2-5,12H,6-11H2,1H3,(H,16,17). The van der Waals surface area contributed by atoms with Crippen LogP contribution in [0.1, 0.15) is 12.8 Å². The summed E-state index contributed by atoms with van der Waals surface area (Å²) in [5.41, 5.74) is 0. The number of ether oxygens (including phenoxy) is 3. The molecule has 5 nitrogen and oxygen atoms in total. The van der Waals surface area contributed by atoms with Crippen molar-refractivity contribution in [1.82, 2.24) is 5.32 Å². The summed E-state index contributed by atoms with van der Waals surface area (Å²) in [7, 11) is 1.63. The highest BCUT2D eigenvalue weighted by molar-refractivity contribution is 5.78. The molecule has 1 fully saturated rings. The van der Waals surface area contributed by atoms with Crippen LogP contribution >= 0.6 is 0 Å². The highest BCUT2D eigenvalue weighted by Gasteiger charge is 2.20. The van der Waals surface area contributed by atoms with Crippen LogP contribution in [0.2, 0.25) is 0 Å². The SMILES string of the molecule is COc1ccc(OCCNC(=O)C2CCOCC2)cc1. The van der Waals surface area contributed by atoms with E-state index in [4.69, 9.17) is 14.2 Å². The van der Waals surface area contributed by atoms with Crippen molar-refractivity contribution in [2.24, 2.45) is 5.92 Å². The predicted molar refractivity (Wildman–Crippen MR) is 75.0 cm³/mol. The summed E-state index contributed by atoms with van der Waals surface area (Å²) in [6, 6.07) is 7.38. The van der Waals surface area contributed by atoms with Crippen LogP contribution in [-0.4, -0.2) is 39.4 Å². The Hall–Kier alpha value is -1.75. The van der Waals surface area contributed by atoms with E-state index in [-0.39, 0.29) is 11.8 Å². The molecule has 0 radical (unpaired) electrons. The van der Waals surface area contributed by atoms with Gasteiger partial charge in [0, 0.05) is 19.1 Å². The number of rotatable bonds is 6. The quantitative estimate of drug-likeness (QED) is 0.804. The third-order valence-electron chi connectivity index (χ3n) is 3.32. The number of nitrogens with one attached hydrogen (secondary N) is 1. The molecular weight excluding hydrogens is 258 g/mol. The lowest BCUT2D eigenvalue weighted by Gasteiger charge is -2.21. The van der Waals surface area contributed by atoms with Crippen molar-refractivity contribution >= 4 is 5.91 Å². The van der Waals surface area contributed by atoms with Crippen molar-refractivity contribution in [3.8, 4) is 11.5 Å². The van der Waals surface area contributed by atoms with Crippen LogP contribution in [0.15, 0.2) is 24.3 Å². The second-order valence-electron chi connectivity index (χ2n) is 4.70. The smallest absolute Gasteiger partial charge is 0.223 e. The molecule has 1 N–H and O–H groups in total. The summed E-state index contributed by atoms with van der Waals surface area (Å²) in [5, 5.41) is 2.90. The minimum absolute atomic E-state index is 0.0877. The van der Waals surface area contributed by atoms with Gasteiger partial charge in [-0.2, -0.15) is 0 Å². The maximum Gasteiger partial charge on any atom is 0.223 e.